The summed E-state index contributed by atoms with van der Waals surface area (Å²) in [6.07, 6.45) is -7.16. The highest BCUT2D eigenvalue weighted by Gasteiger charge is 2.42. The number of aromatic nitrogens is 2. The smallest absolute Gasteiger partial charge is 0.435 e. The van der Waals surface area contributed by atoms with Gasteiger partial charge in [0.2, 0.25) is 5.88 Å². The Balaban J connectivity index is 2.22. The van der Waals surface area contributed by atoms with Crippen molar-refractivity contribution in [1.82, 2.24) is 9.97 Å². The second-order valence-corrected chi connectivity index (χ2v) is 5.42. The molecule has 1 aliphatic heterocycles. The van der Waals surface area contributed by atoms with E-state index in [2.05, 4.69) is 9.97 Å². The van der Waals surface area contributed by atoms with Crippen molar-refractivity contribution in [3.63, 3.8) is 0 Å². The van der Waals surface area contributed by atoms with Crippen molar-refractivity contribution in [2.45, 2.75) is 44.4 Å². The van der Waals surface area contributed by atoms with Crippen LogP contribution in [0.25, 0.3) is 0 Å². The van der Waals surface area contributed by atoms with Crippen LogP contribution in [-0.2, 0) is 10.9 Å². The van der Waals surface area contributed by atoms with E-state index >= 15 is 0 Å². The van der Waals surface area contributed by atoms with Gasteiger partial charge in [0.1, 0.15) is 12.2 Å². The van der Waals surface area contributed by atoms with Crippen molar-refractivity contribution in [2.24, 2.45) is 5.92 Å². The third kappa shape index (κ3) is 3.65. The first-order valence-electron chi connectivity index (χ1n) is 6.73. The van der Waals surface area contributed by atoms with Crippen molar-refractivity contribution in [3.8, 4) is 5.88 Å². The van der Waals surface area contributed by atoms with E-state index < -0.39 is 36.3 Å². The molecule has 1 aromatic rings. The Morgan fingerprint density at radius 3 is 2.59 bits per heavy atom. The van der Waals surface area contributed by atoms with Crippen molar-refractivity contribution in [3.05, 3.63) is 18.1 Å². The average Bonchev–Trinajstić information content (AvgIpc) is 2.43. The van der Waals surface area contributed by atoms with Crippen LogP contribution in [0.2, 0.25) is 0 Å². The highest BCUT2D eigenvalue weighted by atomic mass is 19.4. The zero-order valence-electron chi connectivity index (χ0n) is 12.0. The maximum absolute atomic E-state index is 12.6. The lowest BCUT2D eigenvalue weighted by atomic mass is 9.92. The molecule has 2 N–H and O–H groups in total. The maximum Gasteiger partial charge on any atom is 0.435 e. The zero-order valence-corrected chi connectivity index (χ0v) is 12.0. The fourth-order valence-electron chi connectivity index (χ4n) is 2.21. The number of aliphatic hydroxyl groups is 2. The summed E-state index contributed by atoms with van der Waals surface area (Å²) in [5, 5.41) is 19.7. The molecule has 0 amide bonds. The molecule has 2 rings (SSSR count). The number of hydrogen-bond donors (Lipinski definition) is 2. The SMILES string of the molecule is CC(C)C1OCC(O)C(O)C1Oc1cncc(C(F)(F)F)n1. The van der Waals surface area contributed by atoms with Crippen molar-refractivity contribution >= 4 is 0 Å². The number of halogens is 3. The third-order valence-electron chi connectivity index (χ3n) is 3.33. The van der Waals surface area contributed by atoms with E-state index in [0.717, 1.165) is 6.20 Å². The summed E-state index contributed by atoms with van der Waals surface area (Å²) in [6, 6.07) is 0. The fraction of sp³-hybridized carbons (Fsp3) is 0.692. The van der Waals surface area contributed by atoms with Crippen LogP contribution in [-0.4, -0.2) is 51.2 Å². The van der Waals surface area contributed by atoms with E-state index in [4.69, 9.17) is 9.47 Å². The molecule has 1 aromatic heterocycles. The molecule has 9 heteroatoms. The number of aliphatic hydroxyl groups excluding tert-OH is 2. The predicted molar refractivity (Wildman–Crippen MR) is 68.0 cm³/mol. The van der Waals surface area contributed by atoms with Gasteiger partial charge in [-0.1, -0.05) is 13.8 Å². The van der Waals surface area contributed by atoms with Gasteiger partial charge in [-0.15, -0.1) is 0 Å². The largest absolute Gasteiger partial charge is 0.468 e. The van der Waals surface area contributed by atoms with E-state index in [-0.39, 0.29) is 18.4 Å². The van der Waals surface area contributed by atoms with Gasteiger partial charge in [0.25, 0.3) is 0 Å². The fourth-order valence-corrected chi connectivity index (χ4v) is 2.21. The topological polar surface area (TPSA) is 84.7 Å². The minimum atomic E-state index is -4.65. The lowest BCUT2D eigenvalue weighted by Crippen LogP contribution is -2.57. The van der Waals surface area contributed by atoms with E-state index in [1.165, 1.54) is 0 Å². The molecule has 4 atom stereocenters. The van der Waals surface area contributed by atoms with E-state index in [0.29, 0.717) is 6.20 Å². The number of nitrogens with zero attached hydrogens (tertiary/aromatic N) is 2. The monoisotopic (exact) mass is 322 g/mol. The van der Waals surface area contributed by atoms with E-state index in [1.807, 2.05) is 13.8 Å². The molecule has 1 fully saturated rings. The summed E-state index contributed by atoms with van der Waals surface area (Å²) in [6.45, 7) is 3.55. The molecule has 124 valence electrons. The molecule has 22 heavy (non-hydrogen) atoms. The van der Waals surface area contributed by atoms with Crippen molar-refractivity contribution in [2.75, 3.05) is 6.61 Å². The van der Waals surface area contributed by atoms with Crippen LogP contribution in [0.3, 0.4) is 0 Å². The number of alkyl halides is 3. The van der Waals surface area contributed by atoms with Crippen molar-refractivity contribution in [1.29, 1.82) is 0 Å². The van der Waals surface area contributed by atoms with Gasteiger partial charge in [-0.3, -0.25) is 4.98 Å². The first kappa shape index (κ1) is 16.9. The van der Waals surface area contributed by atoms with E-state index in [1.54, 1.807) is 0 Å². The predicted octanol–water partition coefficient (Wildman–Crippen LogP) is 1.02. The van der Waals surface area contributed by atoms with Crippen LogP contribution in [0.1, 0.15) is 19.5 Å². The Kier molecular flexibility index (Phi) is 4.88. The van der Waals surface area contributed by atoms with Gasteiger partial charge in [-0.2, -0.15) is 13.2 Å². The molecule has 0 bridgehead atoms. The Morgan fingerprint density at radius 2 is 2.00 bits per heavy atom. The molecule has 0 aliphatic carbocycles. The quantitative estimate of drug-likeness (QED) is 0.864. The molecule has 1 saturated heterocycles. The van der Waals surface area contributed by atoms with Gasteiger partial charge >= 0.3 is 6.18 Å². The minimum absolute atomic E-state index is 0.0713. The van der Waals surface area contributed by atoms with Gasteiger partial charge in [0.15, 0.2) is 11.8 Å². The van der Waals surface area contributed by atoms with Gasteiger partial charge in [-0.05, 0) is 5.92 Å². The van der Waals surface area contributed by atoms with Crippen LogP contribution < -0.4 is 4.74 Å². The average molecular weight is 322 g/mol. The second kappa shape index (κ2) is 6.35. The number of hydrogen-bond acceptors (Lipinski definition) is 6. The highest BCUT2D eigenvalue weighted by Crippen LogP contribution is 2.29. The van der Waals surface area contributed by atoms with Crippen LogP contribution in [0.5, 0.6) is 5.88 Å². The first-order valence-corrected chi connectivity index (χ1v) is 6.73. The Labute approximate surface area is 124 Å². The van der Waals surface area contributed by atoms with Crippen molar-refractivity contribution < 1.29 is 32.9 Å². The second-order valence-electron chi connectivity index (χ2n) is 5.42. The van der Waals surface area contributed by atoms with Crippen LogP contribution in [0.4, 0.5) is 13.2 Å². The van der Waals surface area contributed by atoms with Gasteiger partial charge in [-0.25, -0.2) is 4.98 Å². The number of rotatable bonds is 3. The third-order valence-corrected chi connectivity index (χ3v) is 3.33. The summed E-state index contributed by atoms with van der Waals surface area (Å²) < 4.78 is 48.6. The normalized spacial score (nSPS) is 29.6. The molecule has 4 unspecified atom stereocenters. The van der Waals surface area contributed by atoms with Crippen LogP contribution in [0.15, 0.2) is 12.4 Å². The van der Waals surface area contributed by atoms with Gasteiger partial charge in [0, 0.05) is 0 Å². The number of ether oxygens (including phenoxy) is 2. The summed E-state index contributed by atoms with van der Waals surface area (Å²) in [5.74, 6) is -0.465. The van der Waals surface area contributed by atoms with Gasteiger partial charge < -0.3 is 19.7 Å². The summed E-state index contributed by atoms with van der Waals surface area (Å²) >= 11 is 0. The molecule has 2 heterocycles. The molecular formula is C13H17F3N2O4. The lowest BCUT2D eigenvalue weighted by molar-refractivity contribution is -0.190. The van der Waals surface area contributed by atoms with Crippen LogP contribution >= 0.6 is 0 Å². The Hall–Kier alpha value is -1.45. The molecule has 1 aliphatic rings. The van der Waals surface area contributed by atoms with Crippen LogP contribution in [0, 0.1) is 5.92 Å². The van der Waals surface area contributed by atoms with E-state index in [9.17, 15) is 23.4 Å². The minimum Gasteiger partial charge on any atom is -0.468 e. The molecule has 0 saturated carbocycles. The Bertz CT molecular complexity index is 512. The molecule has 0 spiro atoms. The molecule has 6 nitrogen and oxygen atoms in total. The van der Waals surface area contributed by atoms with Gasteiger partial charge in [0.05, 0.1) is 25.1 Å². The first-order chi connectivity index (χ1) is 10.2. The molecule has 0 aromatic carbocycles. The standard InChI is InChI=1S/C13H17F3N2O4/c1-6(2)11-12(10(20)7(19)5-21-11)22-9-4-17-3-8(18-9)13(14,15)16/h3-4,6-7,10-12,19-20H,5H2,1-2H3. The zero-order chi connectivity index (χ0) is 16.5. The molecule has 0 radical (unpaired) electrons. The molecular weight excluding hydrogens is 305 g/mol. The highest BCUT2D eigenvalue weighted by molar-refractivity contribution is 5.12. The summed E-state index contributed by atoms with van der Waals surface area (Å²) in [4.78, 5) is 6.77. The summed E-state index contributed by atoms with van der Waals surface area (Å²) in [5.41, 5.74) is -1.20. The lowest BCUT2D eigenvalue weighted by Gasteiger charge is -2.39. The summed E-state index contributed by atoms with van der Waals surface area (Å²) in [7, 11) is 0. The maximum atomic E-state index is 12.6. The Morgan fingerprint density at radius 1 is 1.32 bits per heavy atom.